The van der Waals surface area contributed by atoms with Crippen LogP contribution in [0.5, 0.6) is 5.75 Å². The Bertz CT molecular complexity index is 1440. The minimum Gasteiger partial charge on any atom is -0.494 e. The molecule has 0 atom stereocenters. The highest BCUT2D eigenvalue weighted by atomic mass is 32.1. The number of thiophene rings is 1. The average Bonchev–Trinajstić information content (AvgIpc) is 3.42. The van der Waals surface area contributed by atoms with E-state index in [-0.39, 0.29) is 12.3 Å². The van der Waals surface area contributed by atoms with E-state index < -0.39 is 6.09 Å². The first-order valence-electron chi connectivity index (χ1n) is 12.8. The van der Waals surface area contributed by atoms with Crippen LogP contribution in [0.3, 0.4) is 0 Å². The van der Waals surface area contributed by atoms with E-state index >= 15 is 0 Å². The van der Waals surface area contributed by atoms with Crippen LogP contribution in [0.2, 0.25) is 0 Å². The minimum absolute atomic E-state index is 0.232. The van der Waals surface area contributed by atoms with E-state index in [9.17, 15) is 9.59 Å². The summed E-state index contributed by atoms with van der Waals surface area (Å²) in [5, 5.41) is 4.38. The van der Waals surface area contributed by atoms with E-state index in [1.165, 1.54) is 33.5 Å². The van der Waals surface area contributed by atoms with Crippen molar-refractivity contribution in [1.29, 1.82) is 0 Å². The van der Waals surface area contributed by atoms with E-state index in [4.69, 9.17) is 9.47 Å². The summed E-state index contributed by atoms with van der Waals surface area (Å²) < 4.78 is 13.8. The zero-order chi connectivity index (χ0) is 26.3. The number of rotatable bonds is 10. The van der Waals surface area contributed by atoms with Crippen molar-refractivity contribution in [1.82, 2.24) is 14.9 Å². The second-order valence-electron chi connectivity index (χ2n) is 9.18. The lowest BCUT2D eigenvalue weighted by molar-refractivity contribution is 0.0436. The number of nitrogens with zero attached hydrogens (tertiary/aromatic N) is 3. The number of ether oxygens (including phenoxy) is 2. The third kappa shape index (κ3) is 6.09. The highest BCUT2D eigenvalue weighted by Crippen LogP contribution is 2.31. The van der Waals surface area contributed by atoms with Crippen LogP contribution in [0.1, 0.15) is 12.8 Å². The number of hydroxylamine groups is 1. The first-order chi connectivity index (χ1) is 18.6. The lowest BCUT2D eigenvalue weighted by Gasteiger charge is -2.36. The quantitative estimate of drug-likeness (QED) is 0.237. The lowest BCUT2D eigenvalue weighted by atomic mass is 10.2. The monoisotopic (exact) mass is 536 g/mol. The summed E-state index contributed by atoms with van der Waals surface area (Å²) in [6, 6.07) is 17.6. The van der Waals surface area contributed by atoms with E-state index in [0.717, 1.165) is 51.0 Å². The van der Waals surface area contributed by atoms with Crippen LogP contribution < -0.4 is 20.7 Å². The molecular formula is C28H32N4O5S. The maximum absolute atomic E-state index is 12.4. The SMILES string of the molecule is CONC(=O)OCn1c(=O)ccc2ccc(OCCCCN3CCN(c4cccc5sccc45)CC3)cc21. The fourth-order valence-corrected chi connectivity index (χ4v) is 5.63. The fourth-order valence-electron chi connectivity index (χ4n) is 4.82. The molecule has 4 aromatic rings. The summed E-state index contributed by atoms with van der Waals surface area (Å²) in [5.74, 6) is 0.675. The molecule has 1 fully saturated rings. The summed E-state index contributed by atoms with van der Waals surface area (Å²) in [6.45, 7) is 5.63. The van der Waals surface area contributed by atoms with Gasteiger partial charge in [0.1, 0.15) is 5.75 Å². The zero-order valence-electron chi connectivity index (χ0n) is 21.4. The molecule has 0 radical (unpaired) electrons. The molecule has 0 spiro atoms. The first kappa shape index (κ1) is 26.0. The normalized spacial score (nSPS) is 14.2. The molecule has 10 heteroatoms. The maximum atomic E-state index is 12.4. The van der Waals surface area contributed by atoms with Gasteiger partial charge in [0.15, 0.2) is 6.73 Å². The molecular weight excluding hydrogens is 504 g/mol. The van der Waals surface area contributed by atoms with Gasteiger partial charge in [-0.2, -0.15) is 5.48 Å². The Hall–Kier alpha value is -3.60. The van der Waals surface area contributed by atoms with Crippen molar-refractivity contribution in [2.24, 2.45) is 0 Å². The largest absolute Gasteiger partial charge is 0.494 e. The molecule has 0 aliphatic carbocycles. The van der Waals surface area contributed by atoms with Gasteiger partial charge in [0.2, 0.25) is 0 Å². The predicted molar refractivity (Wildman–Crippen MR) is 150 cm³/mol. The summed E-state index contributed by atoms with van der Waals surface area (Å²) >= 11 is 1.80. The topological polar surface area (TPSA) is 85.3 Å². The van der Waals surface area contributed by atoms with Crippen LogP contribution in [-0.4, -0.2) is 62.0 Å². The number of carbonyl (C=O) groups excluding carboxylic acids is 1. The van der Waals surface area contributed by atoms with Gasteiger partial charge < -0.3 is 14.4 Å². The highest BCUT2D eigenvalue weighted by Gasteiger charge is 2.18. The fraction of sp³-hybridized carbons (Fsp3) is 0.357. The number of fused-ring (bicyclic) bond motifs is 2. The molecule has 1 saturated heterocycles. The Balaban J connectivity index is 1.08. The van der Waals surface area contributed by atoms with Crippen molar-refractivity contribution >= 4 is 44.1 Å². The van der Waals surface area contributed by atoms with Crippen LogP contribution in [0, 0.1) is 0 Å². The van der Waals surface area contributed by atoms with Crippen molar-refractivity contribution in [3.63, 3.8) is 0 Å². The van der Waals surface area contributed by atoms with Crippen molar-refractivity contribution in [2.45, 2.75) is 19.6 Å². The van der Waals surface area contributed by atoms with Gasteiger partial charge in [-0.25, -0.2) is 4.79 Å². The summed E-state index contributed by atoms with van der Waals surface area (Å²) in [5.41, 5.74) is 3.78. The smallest absolute Gasteiger partial charge is 0.433 e. The lowest BCUT2D eigenvalue weighted by Crippen LogP contribution is -2.46. The van der Waals surface area contributed by atoms with E-state index in [1.807, 2.05) is 18.2 Å². The molecule has 2 aromatic carbocycles. The van der Waals surface area contributed by atoms with Gasteiger partial charge in [0.25, 0.3) is 5.56 Å². The number of hydrogen-bond acceptors (Lipinski definition) is 8. The number of carbonyl (C=O) groups is 1. The number of piperazine rings is 1. The molecule has 0 saturated carbocycles. The Morgan fingerprint density at radius 3 is 2.71 bits per heavy atom. The zero-order valence-corrected chi connectivity index (χ0v) is 22.2. The molecule has 200 valence electrons. The van der Waals surface area contributed by atoms with Crippen LogP contribution in [0.25, 0.3) is 21.0 Å². The molecule has 9 nitrogen and oxygen atoms in total. The van der Waals surface area contributed by atoms with Crippen molar-refractivity contribution in [3.05, 3.63) is 70.3 Å². The van der Waals surface area contributed by atoms with Gasteiger partial charge in [-0.1, -0.05) is 6.07 Å². The third-order valence-electron chi connectivity index (χ3n) is 6.80. The number of pyridine rings is 1. The van der Waals surface area contributed by atoms with E-state index in [0.29, 0.717) is 17.9 Å². The van der Waals surface area contributed by atoms with Crippen LogP contribution >= 0.6 is 11.3 Å². The van der Waals surface area contributed by atoms with Crippen LogP contribution in [0.15, 0.2) is 64.8 Å². The predicted octanol–water partition coefficient (Wildman–Crippen LogP) is 4.44. The van der Waals surface area contributed by atoms with Gasteiger partial charge in [0.05, 0.1) is 19.2 Å². The number of benzene rings is 2. The second kappa shape index (κ2) is 12.3. The molecule has 5 rings (SSSR count). The molecule has 1 aliphatic rings. The van der Waals surface area contributed by atoms with E-state index in [1.54, 1.807) is 17.4 Å². The van der Waals surface area contributed by atoms with Gasteiger partial charge in [0, 0.05) is 54.1 Å². The van der Waals surface area contributed by atoms with Crippen LogP contribution in [0.4, 0.5) is 10.5 Å². The molecule has 0 bridgehead atoms. The molecule has 2 aromatic heterocycles. The Morgan fingerprint density at radius 2 is 1.87 bits per heavy atom. The highest BCUT2D eigenvalue weighted by molar-refractivity contribution is 7.17. The van der Waals surface area contributed by atoms with Gasteiger partial charge in [-0.15, -0.1) is 11.3 Å². The second-order valence-corrected chi connectivity index (χ2v) is 10.1. The molecule has 1 N–H and O–H groups in total. The summed E-state index contributed by atoms with van der Waals surface area (Å²) in [7, 11) is 1.31. The molecule has 1 aliphatic heterocycles. The molecule has 1 amide bonds. The number of nitrogens with one attached hydrogen (secondary N) is 1. The van der Waals surface area contributed by atoms with Crippen LogP contribution in [-0.2, 0) is 16.3 Å². The molecule has 0 unspecified atom stereocenters. The number of anilines is 1. The Kier molecular flexibility index (Phi) is 8.42. The summed E-state index contributed by atoms with van der Waals surface area (Å²) in [4.78, 5) is 33.5. The van der Waals surface area contributed by atoms with Crippen molar-refractivity contribution < 1.29 is 19.1 Å². The number of amides is 1. The van der Waals surface area contributed by atoms with Gasteiger partial charge >= 0.3 is 6.09 Å². The first-order valence-corrected chi connectivity index (χ1v) is 13.7. The molecule has 3 heterocycles. The van der Waals surface area contributed by atoms with Crippen molar-refractivity contribution in [3.8, 4) is 5.75 Å². The Morgan fingerprint density at radius 1 is 1.03 bits per heavy atom. The number of unbranched alkanes of at least 4 members (excludes halogenated alkanes) is 1. The number of aromatic nitrogens is 1. The van der Waals surface area contributed by atoms with Gasteiger partial charge in [-0.3, -0.25) is 19.1 Å². The maximum Gasteiger partial charge on any atom is 0.433 e. The number of hydrogen-bond donors (Lipinski definition) is 1. The Labute approximate surface area is 225 Å². The molecule has 38 heavy (non-hydrogen) atoms. The average molecular weight is 537 g/mol. The van der Waals surface area contributed by atoms with E-state index in [2.05, 4.69) is 49.8 Å². The standard InChI is InChI=1S/C28H32N4O5S/c1-35-29-28(34)37-20-32-25-19-22(9-7-21(25)8-10-27(32)33)36-17-3-2-12-30-13-15-31(16-14-30)24-5-4-6-26-23(24)11-18-38-26/h4-11,18-19H,2-3,12-17,20H2,1H3,(H,29,34). The summed E-state index contributed by atoms with van der Waals surface area (Å²) in [6.07, 6.45) is 1.22. The third-order valence-corrected chi connectivity index (χ3v) is 7.68. The minimum atomic E-state index is -0.773. The van der Waals surface area contributed by atoms with Gasteiger partial charge in [-0.05, 0) is 66.6 Å². The van der Waals surface area contributed by atoms with Crippen molar-refractivity contribution in [2.75, 3.05) is 51.3 Å².